The van der Waals surface area contributed by atoms with Crippen LogP contribution in [0.15, 0.2) is 35.7 Å². The molecule has 1 aliphatic heterocycles. The molecule has 3 rings (SSSR count). The van der Waals surface area contributed by atoms with Gasteiger partial charge in [-0.2, -0.15) is 0 Å². The molecule has 6 heteroatoms. The number of aliphatic carboxylic acids is 1. The molecule has 0 saturated carbocycles. The Morgan fingerprint density at radius 2 is 1.92 bits per heavy atom. The van der Waals surface area contributed by atoms with E-state index in [-0.39, 0.29) is 18.4 Å². The SMILES string of the molecule is Cc1ccc(-c2ccsc2C(=O)NCC(C(=O)O)C2CCOCC2)cc1. The Labute approximate surface area is 157 Å². The zero-order valence-electron chi connectivity index (χ0n) is 14.7. The van der Waals surface area contributed by atoms with Gasteiger partial charge in [0.2, 0.25) is 0 Å². The van der Waals surface area contributed by atoms with Crippen molar-refractivity contribution in [2.24, 2.45) is 11.8 Å². The minimum absolute atomic E-state index is 0.0430. The molecule has 0 bridgehead atoms. The fraction of sp³-hybridized carbons (Fsp3) is 0.400. The van der Waals surface area contributed by atoms with E-state index in [2.05, 4.69) is 5.32 Å². The van der Waals surface area contributed by atoms with Crippen LogP contribution in [0.5, 0.6) is 0 Å². The monoisotopic (exact) mass is 373 g/mol. The maximum Gasteiger partial charge on any atom is 0.308 e. The quantitative estimate of drug-likeness (QED) is 0.811. The maximum atomic E-state index is 12.7. The number of carboxylic acids is 1. The first-order valence-corrected chi connectivity index (χ1v) is 9.67. The second-order valence-electron chi connectivity index (χ2n) is 6.63. The lowest BCUT2D eigenvalue weighted by atomic mass is 9.86. The van der Waals surface area contributed by atoms with Crippen molar-refractivity contribution >= 4 is 23.2 Å². The van der Waals surface area contributed by atoms with Crippen molar-refractivity contribution in [3.8, 4) is 11.1 Å². The van der Waals surface area contributed by atoms with Crippen LogP contribution in [0.2, 0.25) is 0 Å². The summed E-state index contributed by atoms with van der Waals surface area (Å²) in [6.45, 7) is 3.34. The Hall–Kier alpha value is -2.18. The van der Waals surface area contributed by atoms with Crippen LogP contribution in [0.4, 0.5) is 0 Å². The summed E-state index contributed by atoms with van der Waals surface area (Å²) in [6.07, 6.45) is 1.45. The highest BCUT2D eigenvalue weighted by Crippen LogP contribution is 2.29. The van der Waals surface area contributed by atoms with E-state index in [9.17, 15) is 14.7 Å². The van der Waals surface area contributed by atoms with E-state index in [0.29, 0.717) is 18.1 Å². The molecule has 2 heterocycles. The number of ether oxygens (including phenoxy) is 1. The van der Waals surface area contributed by atoms with Gasteiger partial charge in [-0.15, -0.1) is 11.3 Å². The number of thiophene rings is 1. The number of aryl methyl sites for hydroxylation is 1. The zero-order valence-corrected chi connectivity index (χ0v) is 15.6. The van der Waals surface area contributed by atoms with Gasteiger partial charge in [-0.3, -0.25) is 9.59 Å². The lowest BCUT2D eigenvalue weighted by Gasteiger charge is -2.27. The largest absolute Gasteiger partial charge is 0.481 e. The van der Waals surface area contributed by atoms with Crippen LogP contribution < -0.4 is 5.32 Å². The maximum absolute atomic E-state index is 12.7. The summed E-state index contributed by atoms with van der Waals surface area (Å²) in [7, 11) is 0. The summed E-state index contributed by atoms with van der Waals surface area (Å²) in [4.78, 5) is 24.9. The number of hydrogen-bond acceptors (Lipinski definition) is 4. The fourth-order valence-corrected chi connectivity index (χ4v) is 4.13. The number of carbonyl (C=O) groups is 2. The second kappa shape index (κ2) is 8.47. The third-order valence-corrected chi connectivity index (χ3v) is 5.78. The van der Waals surface area contributed by atoms with Gasteiger partial charge < -0.3 is 15.2 Å². The third kappa shape index (κ3) is 4.31. The summed E-state index contributed by atoms with van der Waals surface area (Å²) in [6, 6.07) is 9.95. The topological polar surface area (TPSA) is 75.6 Å². The van der Waals surface area contributed by atoms with Crippen LogP contribution >= 0.6 is 11.3 Å². The highest BCUT2D eigenvalue weighted by atomic mass is 32.1. The van der Waals surface area contributed by atoms with E-state index >= 15 is 0 Å². The fourth-order valence-electron chi connectivity index (χ4n) is 3.30. The molecular weight excluding hydrogens is 350 g/mol. The highest BCUT2D eigenvalue weighted by Gasteiger charge is 2.30. The number of amides is 1. The number of nitrogens with one attached hydrogen (secondary N) is 1. The van der Waals surface area contributed by atoms with E-state index in [4.69, 9.17) is 4.74 Å². The van der Waals surface area contributed by atoms with Crippen LogP contribution in [0.25, 0.3) is 11.1 Å². The first kappa shape index (κ1) is 18.6. The molecule has 1 saturated heterocycles. The Balaban J connectivity index is 1.69. The Morgan fingerprint density at radius 3 is 2.58 bits per heavy atom. The van der Waals surface area contributed by atoms with Gasteiger partial charge in [0, 0.05) is 25.3 Å². The molecule has 26 heavy (non-hydrogen) atoms. The van der Waals surface area contributed by atoms with Crippen LogP contribution in [0.1, 0.15) is 28.1 Å². The van der Waals surface area contributed by atoms with E-state index in [1.165, 1.54) is 11.3 Å². The molecule has 1 unspecified atom stereocenters. The number of rotatable bonds is 6. The first-order valence-electron chi connectivity index (χ1n) is 8.79. The van der Waals surface area contributed by atoms with Gasteiger partial charge in [-0.05, 0) is 42.7 Å². The Bertz CT molecular complexity index is 762. The number of benzene rings is 1. The molecule has 1 aromatic carbocycles. The van der Waals surface area contributed by atoms with Crippen molar-refractivity contribution in [3.05, 3.63) is 46.2 Å². The van der Waals surface area contributed by atoms with Crippen molar-refractivity contribution in [1.82, 2.24) is 5.32 Å². The molecule has 0 radical (unpaired) electrons. The highest BCUT2D eigenvalue weighted by molar-refractivity contribution is 7.12. The van der Waals surface area contributed by atoms with Crippen LogP contribution in [-0.4, -0.2) is 36.7 Å². The number of carboxylic acid groups (broad SMARTS) is 1. The number of hydrogen-bond donors (Lipinski definition) is 2. The van der Waals surface area contributed by atoms with E-state index in [1.807, 2.05) is 42.6 Å². The molecule has 2 aromatic rings. The predicted molar refractivity (Wildman–Crippen MR) is 101 cm³/mol. The molecule has 1 fully saturated rings. The molecule has 0 spiro atoms. The zero-order chi connectivity index (χ0) is 18.5. The second-order valence-corrected chi connectivity index (χ2v) is 7.55. The first-order chi connectivity index (χ1) is 12.6. The third-order valence-electron chi connectivity index (χ3n) is 4.87. The molecule has 5 nitrogen and oxygen atoms in total. The molecule has 1 aromatic heterocycles. The van der Waals surface area contributed by atoms with Gasteiger partial charge >= 0.3 is 5.97 Å². The summed E-state index contributed by atoms with van der Waals surface area (Å²) in [5, 5.41) is 14.3. The molecule has 2 N–H and O–H groups in total. The van der Waals surface area contributed by atoms with Gasteiger partial charge in [0.1, 0.15) is 0 Å². The smallest absolute Gasteiger partial charge is 0.308 e. The molecular formula is C20H23NO4S. The van der Waals surface area contributed by atoms with Crippen LogP contribution in [-0.2, 0) is 9.53 Å². The molecule has 0 aliphatic carbocycles. The average Bonchev–Trinajstić information content (AvgIpc) is 3.13. The van der Waals surface area contributed by atoms with Gasteiger partial charge in [0.15, 0.2) is 0 Å². The van der Waals surface area contributed by atoms with Gasteiger partial charge in [0.25, 0.3) is 5.91 Å². The van der Waals surface area contributed by atoms with E-state index in [1.54, 1.807) is 0 Å². The molecule has 1 atom stereocenters. The predicted octanol–water partition coefficient (Wildman–Crippen LogP) is 3.58. The molecule has 138 valence electrons. The van der Waals surface area contributed by atoms with Crippen LogP contribution in [0, 0.1) is 18.8 Å². The lowest BCUT2D eigenvalue weighted by molar-refractivity contribution is -0.144. The van der Waals surface area contributed by atoms with Crippen LogP contribution in [0.3, 0.4) is 0 Å². The lowest BCUT2D eigenvalue weighted by Crippen LogP contribution is -2.38. The normalized spacial score (nSPS) is 16.2. The average molecular weight is 373 g/mol. The summed E-state index contributed by atoms with van der Waals surface area (Å²) >= 11 is 1.37. The molecule has 1 aliphatic rings. The van der Waals surface area contributed by atoms with Crippen molar-refractivity contribution in [3.63, 3.8) is 0 Å². The summed E-state index contributed by atoms with van der Waals surface area (Å²) in [5.74, 6) is -1.61. The minimum Gasteiger partial charge on any atom is -0.481 e. The van der Waals surface area contributed by atoms with Crippen molar-refractivity contribution < 1.29 is 19.4 Å². The van der Waals surface area contributed by atoms with Gasteiger partial charge in [0.05, 0.1) is 10.8 Å². The number of carbonyl (C=O) groups excluding carboxylic acids is 1. The van der Waals surface area contributed by atoms with Crippen molar-refractivity contribution in [2.75, 3.05) is 19.8 Å². The molecule has 1 amide bonds. The van der Waals surface area contributed by atoms with Crippen molar-refractivity contribution in [1.29, 1.82) is 0 Å². The van der Waals surface area contributed by atoms with Gasteiger partial charge in [-0.1, -0.05) is 29.8 Å². The minimum atomic E-state index is -0.859. The Kier molecular flexibility index (Phi) is 6.06. The standard InChI is InChI=1S/C20H23NO4S/c1-13-2-4-14(5-3-13)16-8-11-26-18(16)19(22)21-12-17(20(23)24)15-6-9-25-10-7-15/h2-5,8,11,15,17H,6-7,9-10,12H2,1H3,(H,21,22)(H,23,24). The van der Waals surface area contributed by atoms with Crippen molar-refractivity contribution in [2.45, 2.75) is 19.8 Å². The van der Waals surface area contributed by atoms with E-state index in [0.717, 1.165) is 29.5 Å². The summed E-state index contributed by atoms with van der Waals surface area (Å²) in [5.41, 5.74) is 3.03. The van der Waals surface area contributed by atoms with E-state index < -0.39 is 11.9 Å². The Morgan fingerprint density at radius 1 is 1.23 bits per heavy atom. The summed E-state index contributed by atoms with van der Waals surface area (Å²) < 4.78 is 5.31. The van der Waals surface area contributed by atoms with Gasteiger partial charge in [-0.25, -0.2) is 0 Å².